The van der Waals surface area contributed by atoms with Crippen molar-refractivity contribution in [2.24, 2.45) is 0 Å². The van der Waals surface area contributed by atoms with Gasteiger partial charge in [0.1, 0.15) is 0 Å². The van der Waals surface area contributed by atoms with Crippen molar-refractivity contribution in [3.63, 3.8) is 0 Å². The van der Waals surface area contributed by atoms with Crippen LogP contribution in [0, 0.1) is 0 Å². The van der Waals surface area contributed by atoms with Crippen LogP contribution in [0.5, 0.6) is 0 Å². The maximum absolute atomic E-state index is 4.98. The fourth-order valence-electron chi connectivity index (χ4n) is 5.75. The minimum atomic E-state index is 0.638. The molecule has 0 N–H and O–H groups in total. The molecule has 0 radical (unpaired) electrons. The third-order valence-electron chi connectivity index (χ3n) is 7.73. The Morgan fingerprint density at radius 1 is 0.442 bits per heavy atom. The van der Waals surface area contributed by atoms with Gasteiger partial charge in [0.05, 0.1) is 11.0 Å². The van der Waals surface area contributed by atoms with Gasteiger partial charge in [-0.05, 0) is 36.4 Å². The summed E-state index contributed by atoms with van der Waals surface area (Å²) >= 11 is 0. The lowest BCUT2D eigenvalue weighted by Crippen LogP contribution is -2.00. The lowest BCUT2D eigenvalue weighted by molar-refractivity contribution is 1.07. The molecule has 8 aromatic rings. The summed E-state index contributed by atoms with van der Waals surface area (Å²) in [6, 6.07) is 47.7. The van der Waals surface area contributed by atoms with E-state index in [-0.39, 0.29) is 0 Å². The van der Waals surface area contributed by atoms with E-state index in [2.05, 4.69) is 76.3 Å². The Hall–Kier alpha value is -5.94. The second-order valence-electron chi connectivity index (χ2n) is 10.4. The van der Waals surface area contributed by atoms with Crippen molar-refractivity contribution >= 4 is 21.8 Å². The van der Waals surface area contributed by atoms with Gasteiger partial charge in [-0.1, -0.05) is 103 Å². The Morgan fingerprint density at radius 2 is 1.05 bits per heavy atom. The molecule has 8 rings (SSSR count). The minimum absolute atomic E-state index is 0.638. The normalized spacial score (nSPS) is 11.3. The quantitative estimate of drug-likeness (QED) is 0.214. The van der Waals surface area contributed by atoms with Crippen molar-refractivity contribution in [1.82, 2.24) is 24.5 Å². The molecule has 0 aliphatic rings. The predicted molar refractivity (Wildman–Crippen MR) is 174 cm³/mol. The molecule has 202 valence electrons. The maximum atomic E-state index is 4.98. The first-order chi connectivity index (χ1) is 21.3. The van der Waals surface area contributed by atoms with E-state index < -0.39 is 0 Å². The van der Waals surface area contributed by atoms with E-state index in [1.807, 2.05) is 85.2 Å². The standard InChI is InChI=1S/C38H25N5/c1-4-12-26(13-5-1)36-40-37(27-14-6-2-7-15-27)42-38(41-36)28-21-22-34-33(24-28)32-20-10-19-31(29-16-11-23-39-25-29)35(32)43(34)30-17-8-3-9-18-30/h1-25H. The SMILES string of the molecule is c1ccc(-c2nc(-c3ccccc3)nc(-c3ccc4c(c3)c3cccc(-c5cccnc5)c3n4-c3ccccc3)n2)cc1. The van der Waals surface area contributed by atoms with Crippen LogP contribution >= 0.6 is 0 Å². The van der Waals surface area contributed by atoms with Crippen LogP contribution < -0.4 is 0 Å². The molecule has 0 aliphatic heterocycles. The Morgan fingerprint density at radius 3 is 1.67 bits per heavy atom. The third-order valence-corrected chi connectivity index (χ3v) is 7.73. The van der Waals surface area contributed by atoms with Gasteiger partial charge in [-0.25, -0.2) is 15.0 Å². The van der Waals surface area contributed by atoms with Gasteiger partial charge >= 0.3 is 0 Å². The van der Waals surface area contributed by atoms with Crippen molar-refractivity contribution < 1.29 is 0 Å². The summed E-state index contributed by atoms with van der Waals surface area (Å²) < 4.78 is 2.34. The first kappa shape index (κ1) is 24.8. The van der Waals surface area contributed by atoms with Gasteiger partial charge in [0, 0.05) is 56.7 Å². The maximum Gasteiger partial charge on any atom is 0.164 e. The molecule has 43 heavy (non-hydrogen) atoms. The first-order valence-corrected chi connectivity index (χ1v) is 14.2. The van der Waals surface area contributed by atoms with E-state index in [4.69, 9.17) is 15.0 Å². The highest BCUT2D eigenvalue weighted by Gasteiger charge is 2.19. The zero-order chi connectivity index (χ0) is 28.6. The molecule has 3 heterocycles. The van der Waals surface area contributed by atoms with Gasteiger partial charge in [-0.15, -0.1) is 0 Å². The van der Waals surface area contributed by atoms with E-state index >= 15 is 0 Å². The smallest absolute Gasteiger partial charge is 0.164 e. The average molecular weight is 552 g/mol. The molecule has 0 saturated heterocycles. The molecular formula is C38H25N5. The number of para-hydroxylation sites is 2. The fraction of sp³-hybridized carbons (Fsp3) is 0. The molecule has 0 aliphatic carbocycles. The zero-order valence-electron chi connectivity index (χ0n) is 23.2. The molecule has 0 saturated carbocycles. The van der Waals surface area contributed by atoms with Crippen LogP contribution in [0.25, 0.3) is 72.8 Å². The zero-order valence-corrected chi connectivity index (χ0v) is 23.2. The molecule has 0 amide bonds. The largest absolute Gasteiger partial charge is 0.309 e. The topological polar surface area (TPSA) is 56.5 Å². The Kier molecular flexibility index (Phi) is 6.05. The van der Waals surface area contributed by atoms with Crippen LogP contribution in [0.2, 0.25) is 0 Å². The molecular weight excluding hydrogens is 526 g/mol. The van der Waals surface area contributed by atoms with Crippen LogP contribution in [0.15, 0.2) is 152 Å². The molecule has 0 unspecified atom stereocenters. The second kappa shape index (κ2) is 10.5. The van der Waals surface area contributed by atoms with Crippen LogP contribution in [0.4, 0.5) is 0 Å². The molecule has 5 heteroatoms. The van der Waals surface area contributed by atoms with Crippen molar-refractivity contribution in [2.75, 3.05) is 0 Å². The van der Waals surface area contributed by atoms with E-state index in [0.29, 0.717) is 17.5 Å². The number of benzene rings is 5. The number of nitrogens with zero attached hydrogens (tertiary/aromatic N) is 5. The number of aromatic nitrogens is 5. The summed E-state index contributed by atoms with van der Waals surface area (Å²) in [4.78, 5) is 19.2. The van der Waals surface area contributed by atoms with Crippen molar-refractivity contribution in [3.8, 4) is 51.0 Å². The summed E-state index contributed by atoms with van der Waals surface area (Å²) in [5.74, 6) is 1.93. The van der Waals surface area contributed by atoms with Gasteiger partial charge < -0.3 is 4.57 Å². The molecule has 5 nitrogen and oxygen atoms in total. The highest BCUT2D eigenvalue weighted by Crippen LogP contribution is 2.39. The lowest BCUT2D eigenvalue weighted by atomic mass is 10.0. The van der Waals surface area contributed by atoms with E-state index in [1.54, 1.807) is 0 Å². The fourth-order valence-corrected chi connectivity index (χ4v) is 5.75. The molecule has 0 spiro atoms. The highest BCUT2D eigenvalue weighted by atomic mass is 15.0. The van der Waals surface area contributed by atoms with Crippen LogP contribution in [-0.2, 0) is 0 Å². The van der Waals surface area contributed by atoms with Crippen molar-refractivity contribution in [1.29, 1.82) is 0 Å². The minimum Gasteiger partial charge on any atom is -0.309 e. The number of hydrogen-bond acceptors (Lipinski definition) is 4. The Balaban J connectivity index is 1.39. The first-order valence-electron chi connectivity index (χ1n) is 14.2. The monoisotopic (exact) mass is 551 g/mol. The van der Waals surface area contributed by atoms with Crippen LogP contribution in [0.3, 0.4) is 0 Å². The molecule has 0 bridgehead atoms. The van der Waals surface area contributed by atoms with E-state index in [1.165, 1.54) is 0 Å². The van der Waals surface area contributed by atoms with Crippen molar-refractivity contribution in [3.05, 3.63) is 152 Å². The van der Waals surface area contributed by atoms with Gasteiger partial charge in [0.25, 0.3) is 0 Å². The number of pyridine rings is 1. The van der Waals surface area contributed by atoms with E-state index in [9.17, 15) is 0 Å². The predicted octanol–water partition coefficient (Wildman–Crippen LogP) is 9.03. The van der Waals surface area contributed by atoms with Gasteiger partial charge in [-0.3, -0.25) is 4.98 Å². The lowest BCUT2D eigenvalue weighted by Gasteiger charge is -2.11. The van der Waals surface area contributed by atoms with Gasteiger partial charge in [0.15, 0.2) is 17.5 Å². The highest BCUT2D eigenvalue weighted by molar-refractivity contribution is 6.14. The molecule has 5 aromatic carbocycles. The molecule has 0 fully saturated rings. The summed E-state index contributed by atoms with van der Waals surface area (Å²) in [7, 11) is 0. The van der Waals surface area contributed by atoms with Crippen LogP contribution in [-0.4, -0.2) is 24.5 Å². The summed E-state index contributed by atoms with van der Waals surface area (Å²) in [5, 5.41) is 2.28. The average Bonchev–Trinajstić information content (AvgIpc) is 3.43. The molecule has 3 aromatic heterocycles. The summed E-state index contributed by atoms with van der Waals surface area (Å²) in [6.45, 7) is 0. The number of fused-ring (bicyclic) bond motifs is 3. The van der Waals surface area contributed by atoms with Crippen LogP contribution in [0.1, 0.15) is 0 Å². The third kappa shape index (κ3) is 4.44. The van der Waals surface area contributed by atoms with Crippen molar-refractivity contribution in [2.45, 2.75) is 0 Å². The van der Waals surface area contributed by atoms with E-state index in [0.717, 1.165) is 55.3 Å². The van der Waals surface area contributed by atoms with Gasteiger partial charge in [0.2, 0.25) is 0 Å². The molecule has 0 atom stereocenters. The summed E-state index contributed by atoms with van der Waals surface area (Å²) in [6.07, 6.45) is 3.74. The number of hydrogen-bond donors (Lipinski definition) is 0. The second-order valence-corrected chi connectivity index (χ2v) is 10.4. The Labute approximate surface area is 248 Å². The Bertz CT molecular complexity index is 2150. The summed E-state index contributed by atoms with van der Waals surface area (Å²) in [5.41, 5.74) is 8.39. The van der Waals surface area contributed by atoms with Gasteiger partial charge in [-0.2, -0.15) is 0 Å². The number of rotatable bonds is 5.